The summed E-state index contributed by atoms with van der Waals surface area (Å²) in [5.74, 6) is 0.488. The molecule has 0 aliphatic carbocycles. The third kappa shape index (κ3) is 3.26. The highest BCUT2D eigenvalue weighted by Crippen LogP contribution is 2.28. The largest absolute Gasteiger partial charge is 0.378 e. The standard InChI is InChI=1S/C12H21N5O3/c1-3-5-16-12(11(17(18)19)9(2)15-16)14-7-10-8-20-6-4-13-10/h10,13-14H,3-8H2,1-2H3. The van der Waals surface area contributed by atoms with Crippen LogP contribution >= 0.6 is 0 Å². The fourth-order valence-electron chi connectivity index (χ4n) is 2.31. The second-order valence-electron chi connectivity index (χ2n) is 4.87. The molecular weight excluding hydrogens is 262 g/mol. The Hall–Kier alpha value is -1.67. The van der Waals surface area contributed by atoms with Crippen LogP contribution in [-0.4, -0.2) is 47.0 Å². The number of rotatable bonds is 6. The third-order valence-corrected chi connectivity index (χ3v) is 3.23. The molecule has 1 unspecified atom stereocenters. The van der Waals surface area contributed by atoms with Crippen molar-refractivity contribution in [2.75, 3.05) is 31.6 Å². The Morgan fingerprint density at radius 3 is 3.05 bits per heavy atom. The molecule has 2 heterocycles. The van der Waals surface area contributed by atoms with Gasteiger partial charge in [0.2, 0.25) is 5.82 Å². The topological polar surface area (TPSA) is 94.2 Å². The van der Waals surface area contributed by atoms with Crippen molar-refractivity contribution in [3.63, 3.8) is 0 Å². The van der Waals surface area contributed by atoms with Gasteiger partial charge >= 0.3 is 5.69 Å². The maximum Gasteiger partial charge on any atom is 0.333 e. The lowest BCUT2D eigenvalue weighted by Gasteiger charge is -2.24. The summed E-state index contributed by atoms with van der Waals surface area (Å²) in [5.41, 5.74) is 0.508. The molecular formula is C12H21N5O3. The van der Waals surface area contributed by atoms with E-state index in [9.17, 15) is 10.1 Å². The van der Waals surface area contributed by atoms with Gasteiger partial charge in [-0.15, -0.1) is 0 Å². The molecule has 0 radical (unpaired) electrons. The van der Waals surface area contributed by atoms with Gasteiger partial charge in [0.1, 0.15) is 5.69 Å². The van der Waals surface area contributed by atoms with Crippen LogP contribution in [0, 0.1) is 17.0 Å². The summed E-state index contributed by atoms with van der Waals surface area (Å²) in [6.07, 6.45) is 0.873. The van der Waals surface area contributed by atoms with Crippen molar-refractivity contribution in [2.24, 2.45) is 0 Å². The first kappa shape index (κ1) is 14.7. The number of ether oxygens (including phenoxy) is 1. The zero-order chi connectivity index (χ0) is 14.5. The van der Waals surface area contributed by atoms with Crippen molar-refractivity contribution >= 4 is 11.5 Å². The normalized spacial score (nSPS) is 19.0. The van der Waals surface area contributed by atoms with Gasteiger partial charge in [-0.3, -0.25) is 10.1 Å². The minimum absolute atomic E-state index is 0.0650. The van der Waals surface area contributed by atoms with Crippen molar-refractivity contribution in [1.82, 2.24) is 15.1 Å². The van der Waals surface area contributed by atoms with Crippen LogP contribution in [0.1, 0.15) is 19.0 Å². The molecule has 1 aromatic rings. The Balaban J connectivity index is 2.12. The van der Waals surface area contributed by atoms with Crippen LogP contribution in [-0.2, 0) is 11.3 Å². The molecule has 0 spiro atoms. The van der Waals surface area contributed by atoms with Crippen LogP contribution in [0.4, 0.5) is 11.5 Å². The lowest BCUT2D eigenvalue weighted by atomic mass is 10.2. The summed E-state index contributed by atoms with van der Waals surface area (Å²) in [5, 5.41) is 21.9. The van der Waals surface area contributed by atoms with Crippen LogP contribution in [0.15, 0.2) is 0 Å². The van der Waals surface area contributed by atoms with Crippen LogP contribution < -0.4 is 10.6 Å². The van der Waals surface area contributed by atoms with Gasteiger partial charge in [-0.2, -0.15) is 5.10 Å². The zero-order valence-corrected chi connectivity index (χ0v) is 11.9. The molecule has 0 bridgehead atoms. The molecule has 8 heteroatoms. The highest BCUT2D eigenvalue weighted by molar-refractivity contribution is 5.59. The van der Waals surface area contributed by atoms with Gasteiger partial charge in [0.25, 0.3) is 0 Å². The molecule has 0 saturated carbocycles. The van der Waals surface area contributed by atoms with E-state index in [1.54, 1.807) is 11.6 Å². The average molecular weight is 283 g/mol. The Labute approximate surface area is 117 Å². The van der Waals surface area contributed by atoms with Gasteiger partial charge in [-0.25, -0.2) is 4.68 Å². The highest BCUT2D eigenvalue weighted by atomic mass is 16.6. The molecule has 1 saturated heterocycles. The number of hydrogen-bond acceptors (Lipinski definition) is 6. The number of nitro groups is 1. The minimum atomic E-state index is -0.373. The van der Waals surface area contributed by atoms with Gasteiger partial charge in [0, 0.05) is 25.7 Å². The lowest BCUT2D eigenvalue weighted by molar-refractivity contribution is -0.384. The fraction of sp³-hybridized carbons (Fsp3) is 0.750. The number of morpholine rings is 1. The monoisotopic (exact) mass is 283 g/mol. The predicted octanol–water partition coefficient (Wildman–Crippen LogP) is 0.910. The molecule has 1 atom stereocenters. The Morgan fingerprint density at radius 1 is 1.65 bits per heavy atom. The lowest BCUT2D eigenvalue weighted by Crippen LogP contribution is -2.45. The minimum Gasteiger partial charge on any atom is -0.378 e. The van der Waals surface area contributed by atoms with Gasteiger partial charge in [0.15, 0.2) is 0 Å². The summed E-state index contributed by atoms with van der Waals surface area (Å²) >= 11 is 0. The summed E-state index contributed by atoms with van der Waals surface area (Å²) in [6, 6.07) is 0.161. The van der Waals surface area contributed by atoms with Crippen LogP contribution in [0.3, 0.4) is 0 Å². The smallest absolute Gasteiger partial charge is 0.333 e. The van der Waals surface area contributed by atoms with Gasteiger partial charge in [0.05, 0.1) is 18.1 Å². The number of anilines is 1. The second kappa shape index (κ2) is 6.67. The maximum atomic E-state index is 11.2. The molecule has 1 fully saturated rings. The van der Waals surface area contributed by atoms with E-state index in [0.29, 0.717) is 37.8 Å². The molecule has 0 amide bonds. The predicted molar refractivity (Wildman–Crippen MR) is 75.0 cm³/mol. The van der Waals surface area contributed by atoms with Gasteiger partial charge < -0.3 is 15.4 Å². The van der Waals surface area contributed by atoms with Crippen LogP contribution in [0.5, 0.6) is 0 Å². The highest BCUT2D eigenvalue weighted by Gasteiger charge is 2.25. The first-order valence-electron chi connectivity index (χ1n) is 6.90. The van der Waals surface area contributed by atoms with Gasteiger partial charge in [-0.1, -0.05) is 6.92 Å². The van der Waals surface area contributed by atoms with E-state index in [1.807, 2.05) is 6.92 Å². The molecule has 2 N–H and O–H groups in total. The summed E-state index contributed by atoms with van der Waals surface area (Å²) in [4.78, 5) is 10.8. The number of hydrogen-bond donors (Lipinski definition) is 2. The molecule has 1 aliphatic heterocycles. The quantitative estimate of drug-likeness (QED) is 0.595. The molecule has 2 rings (SSSR count). The Morgan fingerprint density at radius 2 is 2.45 bits per heavy atom. The molecule has 1 aromatic heterocycles. The van der Waals surface area contributed by atoms with Crippen molar-refractivity contribution < 1.29 is 9.66 Å². The Bertz CT molecular complexity index is 468. The van der Waals surface area contributed by atoms with E-state index >= 15 is 0 Å². The number of nitrogens with one attached hydrogen (secondary N) is 2. The van der Waals surface area contributed by atoms with E-state index in [2.05, 4.69) is 15.7 Å². The summed E-state index contributed by atoms with van der Waals surface area (Å²) in [7, 11) is 0. The zero-order valence-electron chi connectivity index (χ0n) is 11.9. The first-order chi connectivity index (χ1) is 9.63. The molecule has 20 heavy (non-hydrogen) atoms. The SMILES string of the molecule is CCCn1nc(C)c([N+](=O)[O-])c1NCC1COCCN1. The average Bonchev–Trinajstić information content (AvgIpc) is 2.74. The molecule has 112 valence electrons. The van der Waals surface area contributed by atoms with E-state index in [0.717, 1.165) is 13.0 Å². The number of nitrogens with zero attached hydrogens (tertiary/aromatic N) is 3. The van der Waals surface area contributed by atoms with E-state index < -0.39 is 0 Å². The van der Waals surface area contributed by atoms with Crippen molar-refractivity contribution in [2.45, 2.75) is 32.9 Å². The van der Waals surface area contributed by atoms with E-state index in [1.165, 1.54) is 0 Å². The Kier molecular flexibility index (Phi) is 4.91. The third-order valence-electron chi connectivity index (χ3n) is 3.23. The second-order valence-corrected chi connectivity index (χ2v) is 4.87. The van der Waals surface area contributed by atoms with Crippen LogP contribution in [0.2, 0.25) is 0 Å². The van der Waals surface area contributed by atoms with Crippen molar-refractivity contribution in [3.05, 3.63) is 15.8 Å². The van der Waals surface area contributed by atoms with E-state index in [4.69, 9.17) is 4.74 Å². The van der Waals surface area contributed by atoms with Crippen LogP contribution in [0.25, 0.3) is 0 Å². The number of aromatic nitrogens is 2. The summed E-state index contributed by atoms with van der Waals surface area (Å²) < 4.78 is 7.05. The van der Waals surface area contributed by atoms with E-state index in [-0.39, 0.29) is 16.7 Å². The maximum absolute atomic E-state index is 11.2. The first-order valence-corrected chi connectivity index (χ1v) is 6.90. The number of aryl methyl sites for hydroxylation is 2. The van der Waals surface area contributed by atoms with Crippen molar-refractivity contribution in [1.29, 1.82) is 0 Å². The van der Waals surface area contributed by atoms with Crippen molar-refractivity contribution in [3.8, 4) is 0 Å². The molecule has 0 aromatic carbocycles. The fourth-order valence-corrected chi connectivity index (χ4v) is 2.31. The summed E-state index contributed by atoms with van der Waals surface area (Å²) in [6.45, 7) is 7.05. The molecule has 1 aliphatic rings. The van der Waals surface area contributed by atoms with Gasteiger partial charge in [-0.05, 0) is 13.3 Å². The molecule has 8 nitrogen and oxygen atoms in total.